The number of hydrogen-bond donors (Lipinski definition) is 3. The lowest BCUT2D eigenvalue weighted by molar-refractivity contribution is 0.0684. The molecule has 1 fully saturated rings. The average Bonchev–Trinajstić information content (AvgIpc) is 3.04. The normalized spacial score (nSPS) is 22.6. The van der Waals surface area contributed by atoms with E-state index in [1.54, 1.807) is 0 Å². The largest absolute Gasteiger partial charge is 0.365 e. The molecule has 0 radical (unpaired) electrons. The first-order valence-electron chi connectivity index (χ1n) is 7.96. The van der Waals surface area contributed by atoms with Gasteiger partial charge in [-0.05, 0) is 25.1 Å². The van der Waals surface area contributed by atoms with Crippen molar-refractivity contribution in [2.75, 3.05) is 18.4 Å². The number of nitriles is 1. The molecular weight excluding hydrogens is 344 g/mol. The fourth-order valence-electron chi connectivity index (χ4n) is 3.02. The number of piperidine rings is 1. The number of aromatic nitrogens is 3. The monoisotopic (exact) mass is 361 g/mol. The number of carbonyl (C=O) groups excluding carboxylic acids is 1. The van der Waals surface area contributed by atoms with E-state index in [0.717, 1.165) is 6.07 Å². The van der Waals surface area contributed by atoms with Gasteiger partial charge < -0.3 is 16.4 Å². The van der Waals surface area contributed by atoms with Gasteiger partial charge in [0.15, 0.2) is 5.82 Å². The third-order valence-electron chi connectivity index (χ3n) is 4.45. The van der Waals surface area contributed by atoms with Crippen LogP contribution in [0.3, 0.4) is 0 Å². The van der Waals surface area contributed by atoms with E-state index < -0.39 is 23.6 Å². The van der Waals surface area contributed by atoms with Crippen molar-refractivity contribution in [2.24, 2.45) is 5.73 Å². The zero-order valence-corrected chi connectivity index (χ0v) is 13.7. The first kappa shape index (κ1) is 17.8. The summed E-state index contributed by atoms with van der Waals surface area (Å²) in [7, 11) is 0. The topological polar surface area (TPSA) is 122 Å². The van der Waals surface area contributed by atoms with Crippen molar-refractivity contribution in [3.8, 4) is 6.07 Å². The third kappa shape index (κ3) is 3.21. The Balaban J connectivity index is 2.01. The summed E-state index contributed by atoms with van der Waals surface area (Å²) in [5, 5.41) is 19.2. The molecule has 0 saturated carbocycles. The molecule has 2 atom stereocenters. The number of pyridine rings is 1. The molecule has 1 amide bonds. The number of hydrogen-bond acceptors (Lipinski definition) is 6. The van der Waals surface area contributed by atoms with Crippen molar-refractivity contribution in [1.29, 1.82) is 5.26 Å². The highest BCUT2D eigenvalue weighted by Crippen LogP contribution is 2.34. The molecule has 26 heavy (non-hydrogen) atoms. The van der Waals surface area contributed by atoms with Crippen LogP contribution in [0.15, 0.2) is 24.5 Å². The van der Waals surface area contributed by atoms with Crippen LogP contribution < -0.4 is 16.4 Å². The highest BCUT2D eigenvalue weighted by Gasteiger charge is 2.44. The summed E-state index contributed by atoms with van der Waals surface area (Å²) >= 11 is 0. The molecule has 10 heteroatoms. The van der Waals surface area contributed by atoms with E-state index >= 15 is 0 Å². The Labute approximate surface area is 148 Å². The molecule has 0 bridgehead atoms. The van der Waals surface area contributed by atoms with Gasteiger partial charge in [0, 0.05) is 12.7 Å². The molecule has 1 aliphatic rings. The van der Waals surface area contributed by atoms with Crippen molar-refractivity contribution in [3.63, 3.8) is 0 Å². The van der Waals surface area contributed by atoms with Gasteiger partial charge in [0.2, 0.25) is 5.95 Å². The minimum absolute atomic E-state index is 0.0392. The van der Waals surface area contributed by atoms with E-state index in [1.807, 2.05) is 6.07 Å². The van der Waals surface area contributed by atoms with E-state index in [2.05, 4.69) is 20.7 Å². The summed E-state index contributed by atoms with van der Waals surface area (Å²) in [5.74, 6) is -1.32. The Hall–Kier alpha value is -3.06. The van der Waals surface area contributed by atoms with Crippen LogP contribution in [-0.4, -0.2) is 39.9 Å². The second kappa shape index (κ2) is 7.05. The zero-order valence-electron chi connectivity index (χ0n) is 13.7. The summed E-state index contributed by atoms with van der Waals surface area (Å²) in [4.78, 5) is 15.3. The Kier molecular flexibility index (Phi) is 4.81. The van der Waals surface area contributed by atoms with Gasteiger partial charge in [0.1, 0.15) is 17.3 Å². The maximum Gasteiger partial charge on any atom is 0.254 e. The number of rotatable bonds is 5. The molecule has 3 heterocycles. The quantitative estimate of drug-likeness (QED) is 0.688. The lowest BCUT2D eigenvalue weighted by Crippen LogP contribution is -2.53. The Bertz CT molecular complexity index is 845. The van der Waals surface area contributed by atoms with Gasteiger partial charge in [0.05, 0.1) is 24.4 Å². The van der Waals surface area contributed by atoms with Crippen molar-refractivity contribution in [1.82, 2.24) is 20.1 Å². The Morgan fingerprint density at radius 3 is 3.00 bits per heavy atom. The smallest absolute Gasteiger partial charge is 0.254 e. The second-order valence-electron chi connectivity index (χ2n) is 6.05. The number of nitrogens with two attached hydrogens (primary N) is 1. The summed E-state index contributed by atoms with van der Waals surface area (Å²) < 4.78 is 29.0. The van der Waals surface area contributed by atoms with Gasteiger partial charge >= 0.3 is 0 Å². The molecule has 3 rings (SSSR count). The van der Waals surface area contributed by atoms with Gasteiger partial charge in [-0.1, -0.05) is 0 Å². The molecule has 2 aromatic heterocycles. The van der Waals surface area contributed by atoms with Crippen LogP contribution in [0.1, 0.15) is 23.2 Å². The maximum atomic E-state index is 14.7. The lowest BCUT2D eigenvalue weighted by Gasteiger charge is -2.39. The predicted molar refractivity (Wildman–Crippen MR) is 88.8 cm³/mol. The van der Waals surface area contributed by atoms with Crippen LogP contribution >= 0.6 is 0 Å². The summed E-state index contributed by atoms with van der Waals surface area (Å²) in [6, 6.07) is 4.56. The predicted octanol–water partition coefficient (Wildman–Crippen LogP) is 1.20. The van der Waals surface area contributed by atoms with Gasteiger partial charge in [-0.3, -0.25) is 9.48 Å². The number of alkyl halides is 1. The number of nitrogens with one attached hydrogen (secondary N) is 2. The van der Waals surface area contributed by atoms with Crippen molar-refractivity contribution >= 4 is 17.4 Å². The first-order valence-corrected chi connectivity index (χ1v) is 7.96. The number of primary amides is 1. The first-order chi connectivity index (χ1) is 12.5. The SMILES string of the molecule is N#CC[C@]1(n2cc(C(N)=O)c(Nc3ccc(F)nc3)n2)CCNC[C@@H]1F. The minimum atomic E-state index is -1.36. The van der Waals surface area contributed by atoms with Crippen LogP contribution in [-0.2, 0) is 5.54 Å². The van der Waals surface area contributed by atoms with Gasteiger partial charge in [0.25, 0.3) is 5.91 Å². The zero-order chi connectivity index (χ0) is 18.7. The highest BCUT2D eigenvalue weighted by molar-refractivity contribution is 5.98. The molecule has 0 aromatic carbocycles. The number of amides is 1. The summed E-state index contributed by atoms with van der Waals surface area (Å²) in [5.41, 5.74) is 4.64. The fourth-order valence-corrected chi connectivity index (χ4v) is 3.02. The van der Waals surface area contributed by atoms with Crippen LogP contribution in [0.4, 0.5) is 20.3 Å². The molecule has 0 aliphatic carbocycles. The van der Waals surface area contributed by atoms with Gasteiger partial charge in [-0.2, -0.15) is 14.8 Å². The molecule has 2 aromatic rings. The molecule has 136 valence electrons. The highest BCUT2D eigenvalue weighted by atomic mass is 19.1. The summed E-state index contributed by atoms with van der Waals surface area (Å²) in [6.07, 6.45) is 1.44. The van der Waals surface area contributed by atoms with Crippen LogP contribution in [0.2, 0.25) is 0 Å². The molecule has 1 aliphatic heterocycles. The van der Waals surface area contributed by atoms with Gasteiger partial charge in [-0.25, -0.2) is 9.37 Å². The standard InChI is InChI=1S/C16H17F2N7O/c17-12-8-21-6-4-16(12,3-5-19)25-9-11(14(20)26)15(24-25)23-10-1-2-13(18)22-7-10/h1-2,7,9,12,21H,3-4,6,8H2,(H2,20,26)(H,23,24)/t12-,16-/m0/s1. The van der Waals surface area contributed by atoms with Gasteiger partial charge in [-0.15, -0.1) is 0 Å². The van der Waals surface area contributed by atoms with E-state index in [-0.39, 0.29) is 24.3 Å². The molecule has 0 unspecified atom stereocenters. The van der Waals surface area contributed by atoms with Crippen molar-refractivity contribution in [2.45, 2.75) is 24.6 Å². The van der Waals surface area contributed by atoms with Crippen molar-refractivity contribution in [3.05, 3.63) is 36.0 Å². The number of halogens is 2. The van der Waals surface area contributed by atoms with Crippen molar-refractivity contribution < 1.29 is 13.6 Å². The number of carbonyl (C=O) groups is 1. The third-order valence-corrected chi connectivity index (χ3v) is 4.45. The lowest BCUT2D eigenvalue weighted by atomic mass is 9.84. The van der Waals surface area contributed by atoms with E-state index in [1.165, 1.54) is 23.1 Å². The van der Waals surface area contributed by atoms with Crippen LogP contribution in [0.5, 0.6) is 0 Å². The second-order valence-corrected chi connectivity index (χ2v) is 6.05. The molecule has 8 nitrogen and oxygen atoms in total. The molecular formula is C16H17F2N7O. The van der Waals surface area contributed by atoms with E-state index in [9.17, 15) is 18.8 Å². The minimum Gasteiger partial charge on any atom is -0.365 e. The van der Waals surface area contributed by atoms with Crippen LogP contribution in [0.25, 0.3) is 0 Å². The van der Waals surface area contributed by atoms with Crippen LogP contribution in [0, 0.1) is 17.3 Å². The number of nitrogens with zero attached hydrogens (tertiary/aromatic N) is 4. The molecule has 4 N–H and O–H groups in total. The summed E-state index contributed by atoms with van der Waals surface area (Å²) in [6.45, 7) is 0.594. The average molecular weight is 361 g/mol. The maximum absolute atomic E-state index is 14.7. The molecule has 1 saturated heterocycles. The Morgan fingerprint density at radius 2 is 2.38 bits per heavy atom. The van der Waals surface area contributed by atoms with E-state index in [4.69, 9.17) is 5.73 Å². The Morgan fingerprint density at radius 1 is 1.58 bits per heavy atom. The van der Waals surface area contributed by atoms with E-state index in [0.29, 0.717) is 18.7 Å². The fraction of sp³-hybridized carbons (Fsp3) is 0.375. The molecule has 0 spiro atoms. The number of anilines is 2.